The summed E-state index contributed by atoms with van der Waals surface area (Å²) < 4.78 is 5.31. The molecule has 0 aromatic carbocycles. The molecule has 3 nitrogen and oxygen atoms in total. The minimum atomic E-state index is 0.431. The Morgan fingerprint density at radius 2 is 2.31 bits per heavy atom. The average Bonchev–Trinajstić information content (AvgIpc) is 2.33. The molecule has 1 saturated heterocycles. The molecule has 2 aliphatic heterocycles. The number of nitrogens with zero attached hydrogens (tertiary/aromatic N) is 2. The van der Waals surface area contributed by atoms with Gasteiger partial charge in [0, 0.05) is 25.7 Å². The lowest BCUT2D eigenvalue weighted by Gasteiger charge is -2.29. The lowest BCUT2D eigenvalue weighted by atomic mass is 10.1. The molecule has 0 aliphatic carbocycles. The van der Waals surface area contributed by atoms with Crippen LogP contribution in [0.4, 0.5) is 0 Å². The van der Waals surface area contributed by atoms with Crippen LogP contribution in [0.5, 0.6) is 0 Å². The zero-order valence-electron chi connectivity index (χ0n) is 9.69. The van der Waals surface area contributed by atoms with Crippen molar-refractivity contribution in [3.63, 3.8) is 0 Å². The van der Waals surface area contributed by atoms with Gasteiger partial charge in [-0.2, -0.15) is 0 Å². The second-order valence-electron chi connectivity index (χ2n) is 4.31. The molecule has 0 bridgehead atoms. The highest BCUT2D eigenvalue weighted by Gasteiger charge is 2.15. The van der Waals surface area contributed by atoms with Gasteiger partial charge in [0.1, 0.15) is 0 Å². The number of morpholine rings is 1. The topological polar surface area (TPSA) is 24.8 Å². The van der Waals surface area contributed by atoms with Crippen molar-refractivity contribution in [2.75, 3.05) is 26.3 Å². The summed E-state index contributed by atoms with van der Waals surface area (Å²) in [5.74, 6) is 0. The lowest BCUT2D eigenvalue weighted by molar-refractivity contribution is 0.0685. The fraction of sp³-hybridized carbons (Fsp3) is 0.667. The second kappa shape index (κ2) is 5.55. The van der Waals surface area contributed by atoms with Crippen molar-refractivity contribution in [1.29, 1.82) is 0 Å². The van der Waals surface area contributed by atoms with Crippen LogP contribution >= 0.6 is 12.2 Å². The number of thiocarbonyl (C=S) groups is 1. The van der Waals surface area contributed by atoms with Crippen LogP contribution in [0.1, 0.15) is 19.8 Å². The van der Waals surface area contributed by atoms with Crippen LogP contribution in [0.25, 0.3) is 0 Å². The Bertz CT molecular complexity index is 319. The largest absolute Gasteiger partial charge is 0.378 e. The van der Waals surface area contributed by atoms with Gasteiger partial charge in [-0.05, 0) is 18.9 Å². The van der Waals surface area contributed by atoms with Gasteiger partial charge in [-0.1, -0.05) is 18.3 Å². The molecule has 2 heterocycles. The van der Waals surface area contributed by atoms with Crippen LogP contribution < -0.4 is 0 Å². The zero-order valence-corrected chi connectivity index (χ0v) is 10.5. The first kappa shape index (κ1) is 11.7. The molecule has 0 N–H and O–H groups in total. The van der Waals surface area contributed by atoms with Crippen molar-refractivity contribution in [2.45, 2.75) is 25.8 Å². The molecular formula is C12H18N2OS. The van der Waals surface area contributed by atoms with Gasteiger partial charge < -0.3 is 9.64 Å². The minimum Gasteiger partial charge on any atom is -0.378 e. The molecule has 16 heavy (non-hydrogen) atoms. The summed E-state index contributed by atoms with van der Waals surface area (Å²) in [4.78, 5) is 7.68. The van der Waals surface area contributed by atoms with E-state index >= 15 is 0 Å². The van der Waals surface area contributed by atoms with Crippen LogP contribution in [-0.2, 0) is 4.74 Å². The highest BCUT2D eigenvalue weighted by Crippen LogP contribution is 2.13. The number of ether oxygens (including phenoxy) is 1. The molecule has 88 valence electrons. The van der Waals surface area contributed by atoms with Crippen LogP contribution in [0.15, 0.2) is 16.6 Å². The summed E-state index contributed by atoms with van der Waals surface area (Å²) in [5.41, 5.74) is 1.26. The summed E-state index contributed by atoms with van der Waals surface area (Å²) in [5, 5.41) is 0. The summed E-state index contributed by atoms with van der Waals surface area (Å²) in [6.45, 7) is 5.58. The van der Waals surface area contributed by atoms with E-state index in [1.165, 1.54) is 5.57 Å². The summed E-state index contributed by atoms with van der Waals surface area (Å²) in [7, 11) is 0. The number of rotatable bonds is 2. The SMILES string of the molecule is CC1CC=C(CC(=S)N2CCOCC2)C=N1. The standard InChI is InChI=1S/C12H18N2OS/c1-10-2-3-11(9-13-10)8-12(16)14-4-6-15-7-5-14/h3,9-10H,2,4-8H2,1H3. The van der Waals surface area contributed by atoms with Gasteiger partial charge in [0.15, 0.2) is 0 Å². The van der Waals surface area contributed by atoms with Gasteiger partial charge >= 0.3 is 0 Å². The fourth-order valence-electron chi connectivity index (χ4n) is 1.88. The fourth-order valence-corrected chi connectivity index (χ4v) is 2.22. The Morgan fingerprint density at radius 3 is 2.94 bits per heavy atom. The van der Waals surface area contributed by atoms with Crippen LogP contribution in [0, 0.1) is 0 Å². The molecule has 2 aliphatic rings. The quantitative estimate of drug-likeness (QED) is 0.686. The van der Waals surface area contributed by atoms with Crippen LogP contribution in [0.2, 0.25) is 0 Å². The molecule has 0 saturated carbocycles. The first-order chi connectivity index (χ1) is 7.75. The molecule has 0 aromatic heterocycles. The molecule has 0 aromatic rings. The normalized spacial score (nSPS) is 25.4. The molecule has 4 heteroatoms. The van der Waals surface area contributed by atoms with Crippen LogP contribution in [-0.4, -0.2) is 48.4 Å². The third-order valence-corrected chi connectivity index (χ3v) is 3.34. The van der Waals surface area contributed by atoms with Gasteiger partial charge in [0.2, 0.25) is 0 Å². The minimum absolute atomic E-state index is 0.431. The van der Waals surface area contributed by atoms with Gasteiger partial charge in [-0.3, -0.25) is 4.99 Å². The van der Waals surface area contributed by atoms with Crippen molar-refractivity contribution in [3.05, 3.63) is 11.6 Å². The van der Waals surface area contributed by atoms with Crippen molar-refractivity contribution < 1.29 is 4.74 Å². The van der Waals surface area contributed by atoms with Crippen LogP contribution in [0.3, 0.4) is 0 Å². The highest BCUT2D eigenvalue weighted by molar-refractivity contribution is 7.80. The highest BCUT2D eigenvalue weighted by atomic mass is 32.1. The molecule has 0 radical (unpaired) electrons. The molecule has 0 spiro atoms. The third-order valence-electron chi connectivity index (χ3n) is 2.94. The first-order valence-electron chi connectivity index (χ1n) is 5.83. The second-order valence-corrected chi connectivity index (χ2v) is 4.78. The lowest BCUT2D eigenvalue weighted by Crippen LogP contribution is -2.40. The molecule has 1 atom stereocenters. The average molecular weight is 238 g/mol. The van der Waals surface area contributed by atoms with Crippen molar-refractivity contribution in [2.24, 2.45) is 4.99 Å². The third kappa shape index (κ3) is 3.12. The summed E-state index contributed by atoms with van der Waals surface area (Å²) in [6, 6.07) is 0.431. The van der Waals surface area contributed by atoms with E-state index < -0.39 is 0 Å². The molecule has 1 fully saturated rings. The van der Waals surface area contributed by atoms with E-state index in [0.717, 1.165) is 44.1 Å². The number of aliphatic imine (C=N–C) groups is 1. The maximum atomic E-state index is 5.45. The van der Waals surface area contributed by atoms with Gasteiger partial charge in [-0.15, -0.1) is 0 Å². The van der Waals surface area contributed by atoms with E-state index in [1.807, 2.05) is 6.21 Å². The monoisotopic (exact) mass is 238 g/mol. The Kier molecular flexibility index (Phi) is 4.07. The Hall–Kier alpha value is -0.740. The maximum absolute atomic E-state index is 5.45. The van der Waals surface area contributed by atoms with E-state index in [-0.39, 0.29) is 0 Å². The van der Waals surface area contributed by atoms with Gasteiger partial charge in [0.25, 0.3) is 0 Å². The molecular weight excluding hydrogens is 220 g/mol. The molecule has 2 rings (SSSR count). The zero-order chi connectivity index (χ0) is 11.4. The van der Waals surface area contributed by atoms with E-state index in [4.69, 9.17) is 17.0 Å². The number of hydrogen-bond acceptors (Lipinski definition) is 3. The number of dihydropyridines is 1. The predicted octanol–water partition coefficient (Wildman–Crippen LogP) is 1.83. The van der Waals surface area contributed by atoms with E-state index in [9.17, 15) is 0 Å². The summed E-state index contributed by atoms with van der Waals surface area (Å²) in [6.07, 6.45) is 6.12. The van der Waals surface area contributed by atoms with Crippen molar-refractivity contribution in [3.8, 4) is 0 Å². The van der Waals surface area contributed by atoms with E-state index in [0.29, 0.717) is 6.04 Å². The Balaban J connectivity index is 1.85. The predicted molar refractivity (Wildman–Crippen MR) is 70.3 cm³/mol. The maximum Gasteiger partial charge on any atom is 0.0825 e. The van der Waals surface area contributed by atoms with Crippen molar-refractivity contribution >= 4 is 23.4 Å². The van der Waals surface area contributed by atoms with Gasteiger partial charge in [-0.25, -0.2) is 0 Å². The van der Waals surface area contributed by atoms with Crippen molar-refractivity contribution in [1.82, 2.24) is 4.90 Å². The number of hydrogen-bond donors (Lipinski definition) is 0. The smallest absolute Gasteiger partial charge is 0.0825 e. The Morgan fingerprint density at radius 1 is 1.56 bits per heavy atom. The van der Waals surface area contributed by atoms with Gasteiger partial charge in [0.05, 0.1) is 24.2 Å². The van der Waals surface area contributed by atoms with E-state index in [1.54, 1.807) is 0 Å². The molecule has 0 amide bonds. The van der Waals surface area contributed by atoms with E-state index in [2.05, 4.69) is 22.9 Å². The molecule has 1 unspecified atom stereocenters. The first-order valence-corrected chi connectivity index (χ1v) is 6.24. The summed E-state index contributed by atoms with van der Waals surface area (Å²) >= 11 is 5.45. The Labute approximate surface area is 102 Å².